The van der Waals surface area contributed by atoms with E-state index in [0.717, 1.165) is 22.7 Å². The predicted molar refractivity (Wildman–Crippen MR) is 107 cm³/mol. The van der Waals surface area contributed by atoms with Crippen LogP contribution >= 0.6 is 0 Å². The molecule has 0 spiro atoms. The van der Waals surface area contributed by atoms with E-state index in [9.17, 15) is 4.79 Å². The van der Waals surface area contributed by atoms with Crippen molar-refractivity contribution in [3.05, 3.63) is 101 Å². The van der Waals surface area contributed by atoms with Gasteiger partial charge in [0, 0.05) is 11.8 Å². The highest BCUT2D eigenvalue weighted by atomic mass is 16.5. The summed E-state index contributed by atoms with van der Waals surface area (Å²) in [4.78, 5) is 16.5. The molecule has 4 aromatic rings. The second-order valence-corrected chi connectivity index (χ2v) is 5.90. The predicted octanol–water partition coefficient (Wildman–Crippen LogP) is 4.91. The molecule has 0 aliphatic heterocycles. The van der Waals surface area contributed by atoms with Crippen molar-refractivity contribution in [2.45, 2.75) is 0 Å². The molecule has 5 nitrogen and oxygen atoms in total. The van der Waals surface area contributed by atoms with Crippen molar-refractivity contribution in [2.75, 3.05) is 0 Å². The average Bonchev–Trinajstić information content (AvgIpc) is 3.09. The number of rotatable bonds is 5. The van der Waals surface area contributed by atoms with E-state index in [1.165, 1.54) is 0 Å². The number of hydrogen-bond donors (Lipinski definition) is 2. The number of hydrogen-bond acceptors (Lipinski definition) is 3. The zero-order valence-electron chi connectivity index (χ0n) is 14.4. The van der Waals surface area contributed by atoms with Crippen molar-refractivity contribution in [2.24, 2.45) is 4.99 Å². The van der Waals surface area contributed by atoms with Crippen LogP contribution in [0.3, 0.4) is 0 Å². The zero-order valence-corrected chi connectivity index (χ0v) is 14.4. The van der Waals surface area contributed by atoms with Crippen molar-refractivity contribution in [1.82, 2.24) is 10.2 Å². The molecule has 0 aliphatic carbocycles. The van der Waals surface area contributed by atoms with Gasteiger partial charge in [0.25, 0.3) is 5.56 Å². The topological polar surface area (TPSA) is 70.2 Å². The number of ether oxygens (including phenoxy) is 1. The van der Waals surface area contributed by atoms with Gasteiger partial charge in [0.2, 0.25) is 0 Å². The van der Waals surface area contributed by atoms with Crippen LogP contribution in [0.1, 0.15) is 5.56 Å². The fourth-order valence-electron chi connectivity index (χ4n) is 2.69. The van der Waals surface area contributed by atoms with E-state index >= 15 is 0 Å². The van der Waals surface area contributed by atoms with Crippen LogP contribution in [0.4, 0.5) is 5.69 Å². The van der Waals surface area contributed by atoms with Crippen molar-refractivity contribution in [3.63, 3.8) is 0 Å². The van der Waals surface area contributed by atoms with E-state index in [0.29, 0.717) is 11.3 Å². The van der Waals surface area contributed by atoms with Gasteiger partial charge in [-0.1, -0.05) is 48.5 Å². The number of aliphatic imine (C=N–C) groups is 1. The lowest BCUT2D eigenvalue weighted by Gasteiger charge is -2.05. The Morgan fingerprint density at radius 2 is 1.37 bits per heavy atom. The van der Waals surface area contributed by atoms with Gasteiger partial charge in [0.05, 0.1) is 16.9 Å². The molecule has 0 radical (unpaired) electrons. The Bertz CT molecular complexity index is 1100. The van der Waals surface area contributed by atoms with E-state index in [2.05, 4.69) is 15.2 Å². The summed E-state index contributed by atoms with van der Waals surface area (Å²) in [5.74, 6) is 1.50. The lowest BCUT2D eigenvalue weighted by Crippen LogP contribution is -2.04. The van der Waals surface area contributed by atoms with Crippen LogP contribution in [0, 0.1) is 0 Å². The van der Waals surface area contributed by atoms with Gasteiger partial charge in [0.1, 0.15) is 11.5 Å². The van der Waals surface area contributed by atoms with E-state index < -0.39 is 0 Å². The molecular weight excluding hydrogens is 338 g/mol. The normalized spacial score (nSPS) is 11.0. The quantitative estimate of drug-likeness (QED) is 0.499. The summed E-state index contributed by atoms with van der Waals surface area (Å²) >= 11 is 0. The lowest BCUT2D eigenvalue weighted by atomic mass is 10.1. The average molecular weight is 355 g/mol. The minimum atomic E-state index is -0.207. The maximum Gasteiger partial charge on any atom is 0.273 e. The van der Waals surface area contributed by atoms with Gasteiger partial charge in [-0.25, -0.2) is 0 Å². The van der Waals surface area contributed by atoms with E-state index in [-0.39, 0.29) is 5.56 Å². The molecule has 132 valence electrons. The number of aromatic amines is 2. The molecule has 3 aromatic carbocycles. The van der Waals surface area contributed by atoms with Crippen molar-refractivity contribution < 1.29 is 4.74 Å². The molecule has 2 N–H and O–H groups in total. The summed E-state index contributed by atoms with van der Waals surface area (Å²) < 4.78 is 5.77. The van der Waals surface area contributed by atoms with Gasteiger partial charge in [-0.05, 0) is 36.4 Å². The molecule has 1 aromatic heterocycles. The monoisotopic (exact) mass is 355 g/mol. The van der Waals surface area contributed by atoms with Crippen LogP contribution < -0.4 is 10.3 Å². The van der Waals surface area contributed by atoms with Gasteiger partial charge < -0.3 is 4.74 Å². The summed E-state index contributed by atoms with van der Waals surface area (Å²) in [5.41, 5.74) is 2.65. The third-order valence-corrected chi connectivity index (χ3v) is 4.04. The maximum absolute atomic E-state index is 12.1. The van der Waals surface area contributed by atoms with E-state index in [1.807, 2.05) is 84.9 Å². The van der Waals surface area contributed by atoms with E-state index in [4.69, 9.17) is 4.74 Å². The summed E-state index contributed by atoms with van der Waals surface area (Å²) in [6.45, 7) is 0. The van der Waals surface area contributed by atoms with Crippen LogP contribution in [0.25, 0.3) is 11.3 Å². The van der Waals surface area contributed by atoms with Gasteiger partial charge >= 0.3 is 0 Å². The number of H-pyrrole nitrogens is 2. The number of nitrogens with one attached hydrogen (secondary N) is 2. The van der Waals surface area contributed by atoms with Crippen LogP contribution in [-0.2, 0) is 0 Å². The first-order chi connectivity index (χ1) is 13.3. The van der Waals surface area contributed by atoms with Crippen molar-refractivity contribution >= 4 is 11.9 Å². The molecule has 1 heterocycles. The molecule has 0 amide bonds. The molecular formula is C22H17N3O2. The molecule has 0 saturated carbocycles. The second-order valence-electron chi connectivity index (χ2n) is 5.90. The Labute approximate surface area is 156 Å². The Kier molecular flexibility index (Phi) is 4.66. The van der Waals surface area contributed by atoms with Crippen LogP contribution in [0.2, 0.25) is 0 Å². The Morgan fingerprint density at radius 3 is 2.07 bits per heavy atom. The molecule has 0 aliphatic rings. The Morgan fingerprint density at radius 1 is 0.741 bits per heavy atom. The molecule has 5 heteroatoms. The maximum atomic E-state index is 12.1. The summed E-state index contributed by atoms with van der Waals surface area (Å²) in [6.07, 6.45) is 1.57. The molecule has 0 fully saturated rings. The number of benzene rings is 3. The molecule has 0 unspecified atom stereocenters. The number of nitrogens with zero attached hydrogens (tertiary/aromatic N) is 1. The first-order valence-corrected chi connectivity index (χ1v) is 8.53. The standard InChI is InChI=1S/C22H17N3O2/c26-22-20(21(24-25-22)16-7-3-1-4-8-16)15-23-17-11-13-19(14-12-17)27-18-9-5-2-6-10-18/h1-15H,(H2,24,25,26). The number of para-hydroxylation sites is 1. The SMILES string of the molecule is O=c1[nH][nH]c(-c2ccccc2)c1C=Nc1ccc(Oc2ccccc2)cc1. The highest BCUT2D eigenvalue weighted by Crippen LogP contribution is 2.24. The van der Waals surface area contributed by atoms with Gasteiger partial charge in [-0.2, -0.15) is 0 Å². The molecule has 0 bridgehead atoms. The molecule has 0 atom stereocenters. The van der Waals surface area contributed by atoms with Crippen LogP contribution in [0.15, 0.2) is 94.7 Å². The highest BCUT2D eigenvalue weighted by Gasteiger charge is 2.09. The first kappa shape index (κ1) is 16.6. The smallest absolute Gasteiger partial charge is 0.273 e. The summed E-state index contributed by atoms with van der Waals surface area (Å²) in [6, 6.07) is 26.6. The lowest BCUT2D eigenvalue weighted by molar-refractivity contribution is 0.483. The molecule has 0 saturated heterocycles. The first-order valence-electron chi connectivity index (χ1n) is 8.53. The fourth-order valence-corrected chi connectivity index (χ4v) is 2.69. The van der Waals surface area contributed by atoms with Gasteiger partial charge in [-0.3, -0.25) is 20.0 Å². The fraction of sp³-hybridized carbons (Fsp3) is 0. The third kappa shape index (κ3) is 3.88. The van der Waals surface area contributed by atoms with Crippen LogP contribution in [0.5, 0.6) is 11.5 Å². The van der Waals surface area contributed by atoms with Gasteiger partial charge in [0.15, 0.2) is 0 Å². The minimum Gasteiger partial charge on any atom is -0.457 e. The highest BCUT2D eigenvalue weighted by molar-refractivity contribution is 5.89. The third-order valence-electron chi connectivity index (χ3n) is 4.04. The van der Waals surface area contributed by atoms with Crippen molar-refractivity contribution in [3.8, 4) is 22.8 Å². The zero-order chi connectivity index (χ0) is 18.5. The summed E-state index contributed by atoms with van der Waals surface area (Å²) in [7, 11) is 0. The molecule has 27 heavy (non-hydrogen) atoms. The Balaban J connectivity index is 1.54. The van der Waals surface area contributed by atoms with E-state index in [1.54, 1.807) is 6.21 Å². The number of aromatic nitrogens is 2. The largest absolute Gasteiger partial charge is 0.457 e. The van der Waals surface area contributed by atoms with Crippen molar-refractivity contribution in [1.29, 1.82) is 0 Å². The molecule has 4 rings (SSSR count). The Hall–Kier alpha value is -3.86. The second kappa shape index (κ2) is 7.58. The minimum absolute atomic E-state index is 0.207. The van der Waals surface area contributed by atoms with Crippen LogP contribution in [-0.4, -0.2) is 16.4 Å². The van der Waals surface area contributed by atoms with Gasteiger partial charge in [-0.15, -0.1) is 0 Å². The summed E-state index contributed by atoms with van der Waals surface area (Å²) in [5, 5.41) is 5.53.